The van der Waals surface area contributed by atoms with E-state index < -0.39 is 11.9 Å². The molecule has 0 saturated heterocycles. The third-order valence-electron chi connectivity index (χ3n) is 1.87. The molecule has 0 bridgehead atoms. The number of aliphatic imine (C=N–C) groups is 2. The van der Waals surface area contributed by atoms with Crippen molar-refractivity contribution in [2.75, 3.05) is 12.8 Å². The summed E-state index contributed by atoms with van der Waals surface area (Å²) in [6, 6.07) is 0. The van der Waals surface area contributed by atoms with Gasteiger partial charge in [-0.3, -0.25) is 4.99 Å². The number of carbonyl (C=O) groups is 2. The van der Waals surface area contributed by atoms with Crippen LogP contribution in [0.2, 0.25) is 0 Å². The van der Waals surface area contributed by atoms with Crippen molar-refractivity contribution in [2.45, 2.75) is 25.5 Å². The zero-order valence-electron chi connectivity index (χ0n) is 10.3. The fraction of sp³-hybridized carbons (Fsp3) is 0.600. The maximum atomic E-state index is 9.10. The SMILES string of the molecule is CSC(C)CC1=NCC(C)=N1.O=C(O)C(=O)O.[Pt]. The molecular formula is C10H16N2O4PtS. The predicted octanol–water partition coefficient (Wildman–Crippen LogP) is 1.15. The molecule has 1 unspecified atom stereocenters. The third kappa shape index (κ3) is 9.36. The zero-order chi connectivity index (χ0) is 13.4. The van der Waals surface area contributed by atoms with Crippen LogP contribution in [0.25, 0.3) is 0 Å². The second-order valence-electron chi connectivity index (χ2n) is 3.44. The molecule has 0 aromatic carbocycles. The molecule has 0 aliphatic carbocycles. The molecule has 1 aliphatic heterocycles. The van der Waals surface area contributed by atoms with Crippen molar-refractivity contribution in [3.8, 4) is 0 Å². The molecule has 0 aromatic heterocycles. The Morgan fingerprint density at radius 3 is 2.17 bits per heavy atom. The Kier molecular flexibility index (Phi) is 11.2. The van der Waals surface area contributed by atoms with Gasteiger partial charge in [0.1, 0.15) is 5.84 Å². The van der Waals surface area contributed by atoms with Crippen molar-refractivity contribution in [2.24, 2.45) is 9.98 Å². The molecule has 6 nitrogen and oxygen atoms in total. The van der Waals surface area contributed by atoms with Gasteiger partial charge in [0.25, 0.3) is 0 Å². The van der Waals surface area contributed by atoms with Crippen LogP contribution in [0.3, 0.4) is 0 Å². The molecule has 0 aromatic rings. The van der Waals surface area contributed by atoms with Gasteiger partial charge in [-0.05, 0) is 13.2 Å². The van der Waals surface area contributed by atoms with Gasteiger partial charge in [-0.25, -0.2) is 14.6 Å². The molecule has 0 amide bonds. The minimum atomic E-state index is -1.82. The van der Waals surface area contributed by atoms with Crippen molar-refractivity contribution in [3.05, 3.63) is 0 Å². The second kappa shape index (κ2) is 10.3. The molecule has 18 heavy (non-hydrogen) atoms. The maximum Gasteiger partial charge on any atom is 0.414 e. The number of carboxylic acids is 2. The third-order valence-corrected chi connectivity index (χ3v) is 2.84. The summed E-state index contributed by atoms with van der Waals surface area (Å²) in [5.41, 5.74) is 1.15. The van der Waals surface area contributed by atoms with E-state index >= 15 is 0 Å². The van der Waals surface area contributed by atoms with Crippen LogP contribution < -0.4 is 0 Å². The first-order valence-corrected chi connectivity index (χ1v) is 6.22. The molecule has 1 heterocycles. The Bertz CT molecular complexity index is 346. The number of amidine groups is 1. The number of nitrogens with zero attached hydrogens (tertiary/aromatic N) is 2. The summed E-state index contributed by atoms with van der Waals surface area (Å²) in [7, 11) is 0. The van der Waals surface area contributed by atoms with Crippen LogP contribution in [0.5, 0.6) is 0 Å². The van der Waals surface area contributed by atoms with Crippen molar-refractivity contribution in [1.82, 2.24) is 0 Å². The van der Waals surface area contributed by atoms with E-state index in [9.17, 15) is 0 Å². The van der Waals surface area contributed by atoms with E-state index in [-0.39, 0.29) is 21.1 Å². The summed E-state index contributed by atoms with van der Waals surface area (Å²) in [6.45, 7) is 5.05. The summed E-state index contributed by atoms with van der Waals surface area (Å²) >= 11 is 1.86. The monoisotopic (exact) mass is 455 g/mol. The van der Waals surface area contributed by atoms with Gasteiger partial charge in [0.2, 0.25) is 0 Å². The van der Waals surface area contributed by atoms with Crippen molar-refractivity contribution >= 4 is 35.2 Å². The molecule has 1 atom stereocenters. The van der Waals surface area contributed by atoms with Crippen LogP contribution in [0.1, 0.15) is 20.3 Å². The number of thioether (sulfide) groups is 1. The molecule has 106 valence electrons. The molecule has 0 radical (unpaired) electrons. The minimum Gasteiger partial charge on any atom is -0.473 e. The predicted molar refractivity (Wildman–Crippen MR) is 68.3 cm³/mol. The Hall–Kier alpha value is -0.682. The molecule has 0 spiro atoms. The Labute approximate surface area is 124 Å². The van der Waals surface area contributed by atoms with E-state index in [2.05, 4.69) is 23.2 Å². The van der Waals surface area contributed by atoms with Gasteiger partial charge in [0.15, 0.2) is 0 Å². The first kappa shape index (κ1) is 19.7. The average Bonchev–Trinajstić information content (AvgIpc) is 2.64. The van der Waals surface area contributed by atoms with Gasteiger partial charge >= 0.3 is 11.9 Å². The summed E-state index contributed by atoms with van der Waals surface area (Å²) in [5.74, 6) is -2.62. The summed E-state index contributed by atoms with van der Waals surface area (Å²) in [6.07, 6.45) is 3.13. The van der Waals surface area contributed by atoms with E-state index in [4.69, 9.17) is 19.8 Å². The first-order valence-electron chi connectivity index (χ1n) is 4.93. The Morgan fingerprint density at radius 1 is 1.39 bits per heavy atom. The molecule has 1 aliphatic rings. The molecule has 8 heteroatoms. The summed E-state index contributed by atoms with van der Waals surface area (Å²) in [4.78, 5) is 26.8. The fourth-order valence-corrected chi connectivity index (χ4v) is 1.26. The van der Waals surface area contributed by atoms with E-state index in [0.29, 0.717) is 5.25 Å². The van der Waals surface area contributed by atoms with Crippen molar-refractivity contribution in [3.63, 3.8) is 0 Å². The van der Waals surface area contributed by atoms with Gasteiger partial charge in [0.05, 0.1) is 6.54 Å². The van der Waals surface area contributed by atoms with Crippen LogP contribution in [0.4, 0.5) is 0 Å². The number of hydrogen-bond acceptors (Lipinski definition) is 5. The zero-order valence-corrected chi connectivity index (χ0v) is 13.4. The number of rotatable bonds is 3. The largest absolute Gasteiger partial charge is 0.473 e. The van der Waals surface area contributed by atoms with Gasteiger partial charge < -0.3 is 10.2 Å². The number of aliphatic carboxylic acids is 2. The van der Waals surface area contributed by atoms with E-state index in [1.54, 1.807) is 0 Å². The van der Waals surface area contributed by atoms with Crippen LogP contribution in [0, 0.1) is 0 Å². The van der Waals surface area contributed by atoms with Crippen molar-refractivity contribution < 1.29 is 40.9 Å². The molecule has 0 saturated carbocycles. The van der Waals surface area contributed by atoms with Gasteiger partial charge in [-0.2, -0.15) is 11.8 Å². The van der Waals surface area contributed by atoms with Crippen LogP contribution in [-0.4, -0.2) is 51.7 Å². The molecule has 1 rings (SSSR count). The van der Waals surface area contributed by atoms with Gasteiger partial charge in [0, 0.05) is 38.4 Å². The normalized spacial score (nSPS) is 14.4. The molecular weight excluding hydrogens is 439 g/mol. The summed E-state index contributed by atoms with van der Waals surface area (Å²) in [5, 5.41) is 15.4. The average molecular weight is 455 g/mol. The quantitative estimate of drug-likeness (QED) is 0.623. The second-order valence-corrected chi connectivity index (χ2v) is 4.72. The maximum absolute atomic E-state index is 9.10. The van der Waals surface area contributed by atoms with Crippen molar-refractivity contribution in [1.29, 1.82) is 0 Å². The van der Waals surface area contributed by atoms with Crippen LogP contribution in [0.15, 0.2) is 9.98 Å². The summed E-state index contributed by atoms with van der Waals surface area (Å²) < 4.78 is 0. The van der Waals surface area contributed by atoms with E-state index in [1.807, 2.05) is 18.7 Å². The minimum absolute atomic E-state index is 0. The Morgan fingerprint density at radius 2 is 1.89 bits per heavy atom. The van der Waals surface area contributed by atoms with Crippen LogP contribution in [-0.2, 0) is 30.7 Å². The number of carboxylic acid groups (broad SMARTS) is 2. The topological polar surface area (TPSA) is 99.3 Å². The Balaban J connectivity index is 0. The standard InChI is InChI=1S/C8H14N2S.C2H2O4.Pt/c1-6-5-9-8(10-6)4-7(2)11-3;3-1(4)2(5)6;/h7H,4-5H2,1-3H3;(H,3,4)(H,5,6);. The molecule has 2 N–H and O–H groups in total. The smallest absolute Gasteiger partial charge is 0.414 e. The number of hydrogen-bond donors (Lipinski definition) is 2. The fourth-order valence-electron chi connectivity index (χ4n) is 0.947. The first-order chi connectivity index (χ1) is 7.86. The van der Waals surface area contributed by atoms with Gasteiger partial charge in [-0.1, -0.05) is 6.92 Å². The van der Waals surface area contributed by atoms with E-state index in [1.165, 1.54) is 0 Å². The van der Waals surface area contributed by atoms with Crippen LogP contribution >= 0.6 is 11.8 Å². The van der Waals surface area contributed by atoms with E-state index in [0.717, 1.165) is 24.5 Å². The van der Waals surface area contributed by atoms with Gasteiger partial charge in [-0.15, -0.1) is 0 Å². The molecule has 0 fully saturated rings.